The highest BCUT2D eigenvalue weighted by Crippen LogP contribution is 2.31. The van der Waals surface area contributed by atoms with Crippen LogP contribution in [0, 0.1) is 11.7 Å². The molecule has 0 aliphatic heterocycles. The lowest BCUT2D eigenvalue weighted by molar-refractivity contribution is 0.259. The molecule has 1 atom stereocenters. The fourth-order valence-corrected chi connectivity index (χ4v) is 2.87. The minimum atomic E-state index is -0.200. The van der Waals surface area contributed by atoms with Crippen LogP contribution in [-0.2, 0) is 6.42 Å². The normalized spacial score (nSPS) is 17.8. The number of benzene rings is 1. The maximum atomic E-state index is 13.2. The van der Waals surface area contributed by atoms with Gasteiger partial charge >= 0.3 is 0 Å². The molecule has 0 spiro atoms. The van der Waals surface area contributed by atoms with Crippen molar-refractivity contribution in [3.63, 3.8) is 0 Å². The van der Waals surface area contributed by atoms with Gasteiger partial charge in [-0.2, -0.15) is 0 Å². The van der Waals surface area contributed by atoms with Crippen molar-refractivity contribution < 1.29 is 4.39 Å². The monoisotopic (exact) mass is 300 g/mol. The molecule has 0 amide bonds. The standard InChI is InChI=1S/C13H18BrFN2/c14-11-4-10(5-12(15)8-11)7-13(17-16)6-9-2-1-3-9/h4-5,8-9,13,17H,1-3,6-7,16H2. The molecular formula is C13H18BrFN2. The zero-order chi connectivity index (χ0) is 12.3. The fourth-order valence-electron chi connectivity index (χ4n) is 2.35. The lowest BCUT2D eigenvalue weighted by atomic mass is 9.80. The second kappa shape index (κ2) is 5.94. The van der Waals surface area contributed by atoms with Crippen molar-refractivity contribution in [3.05, 3.63) is 34.1 Å². The van der Waals surface area contributed by atoms with E-state index in [9.17, 15) is 4.39 Å². The highest BCUT2D eigenvalue weighted by Gasteiger charge is 2.21. The summed E-state index contributed by atoms with van der Waals surface area (Å²) in [5.41, 5.74) is 3.84. The summed E-state index contributed by atoms with van der Waals surface area (Å²) in [5, 5.41) is 0. The van der Waals surface area contributed by atoms with Crippen molar-refractivity contribution in [1.29, 1.82) is 0 Å². The van der Waals surface area contributed by atoms with Crippen LogP contribution < -0.4 is 11.3 Å². The SMILES string of the molecule is NNC(Cc1cc(F)cc(Br)c1)CC1CCC1. The molecule has 0 aromatic heterocycles. The van der Waals surface area contributed by atoms with Crippen LogP contribution in [0.2, 0.25) is 0 Å². The molecule has 1 fully saturated rings. The molecular weight excluding hydrogens is 283 g/mol. The molecule has 94 valence electrons. The summed E-state index contributed by atoms with van der Waals surface area (Å²) in [7, 11) is 0. The highest BCUT2D eigenvalue weighted by atomic mass is 79.9. The third-order valence-electron chi connectivity index (χ3n) is 3.48. The molecule has 2 rings (SSSR count). The Morgan fingerprint density at radius 3 is 2.71 bits per heavy atom. The number of hydrogen-bond acceptors (Lipinski definition) is 2. The van der Waals surface area contributed by atoms with Gasteiger partial charge in [-0.25, -0.2) is 4.39 Å². The Hall–Kier alpha value is -0.450. The van der Waals surface area contributed by atoms with Crippen LogP contribution in [0.5, 0.6) is 0 Å². The van der Waals surface area contributed by atoms with E-state index in [1.54, 1.807) is 6.07 Å². The summed E-state index contributed by atoms with van der Waals surface area (Å²) in [6, 6.07) is 5.25. The van der Waals surface area contributed by atoms with Crippen LogP contribution >= 0.6 is 15.9 Å². The number of hydrogen-bond donors (Lipinski definition) is 2. The van der Waals surface area contributed by atoms with E-state index in [0.717, 1.165) is 28.8 Å². The van der Waals surface area contributed by atoms with E-state index in [1.807, 2.05) is 6.07 Å². The zero-order valence-corrected chi connectivity index (χ0v) is 11.3. The summed E-state index contributed by atoms with van der Waals surface area (Å²) >= 11 is 3.31. The van der Waals surface area contributed by atoms with Crippen LogP contribution in [0.25, 0.3) is 0 Å². The zero-order valence-electron chi connectivity index (χ0n) is 9.76. The maximum absolute atomic E-state index is 13.2. The van der Waals surface area contributed by atoms with E-state index in [0.29, 0.717) is 0 Å². The van der Waals surface area contributed by atoms with Gasteiger partial charge in [-0.05, 0) is 42.5 Å². The molecule has 17 heavy (non-hydrogen) atoms. The molecule has 1 aliphatic rings. The molecule has 0 heterocycles. The molecule has 0 saturated heterocycles. The van der Waals surface area contributed by atoms with E-state index in [4.69, 9.17) is 5.84 Å². The third kappa shape index (κ3) is 3.76. The van der Waals surface area contributed by atoms with Gasteiger partial charge in [0.2, 0.25) is 0 Å². The first-order valence-corrected chi connectivity index (χ1v) is 6.88. The predicted molar refractivity (Wildman–Crippen MR) is 70.9 cm³/mol. The Bertz CT molecular complexity index is 359. The molecule has 0 bridgehead atoms. The quantitative estimate of drug-likeness (QED) is 0.647. The summed E-state index contributed by atoms with van der Waals surface area (Å²) in [5.74, 6) is 6.17. The van der Waals surface area contributed by atoms with Crippen molar-refractivity contribution in [1.82, 2.24) is 5.43 Å². The molecule has 1 saturated carbocycles. The molecule has 0 radical (unpaired) electrons. The third-order valence-corrected chi connectivity index (χ3v) is 3.94. The minimum Gasteiger partial charge on any atom is -0.271 e. The van der Waals surface area contributed by atoms with Crippen LogP contribution in [-0.4, -0.2) is 6.04 Å². The summed E-state index contributed by atoms with van der Waals surface area (Å²) in [4.78, 5) is 0. The van der Waals surface area contributed by atoms with Gasteiger partial charge < -0.3 is 0 Å². The summed E-state index contributed by atoms with van der Waals surface area (Å²) < 4.78 is 14.0. The van der Waals surface area contributed by atoms with Crippen LogP contribution in [0.1, 0.15) is 31.2 Å². The maximum Gasteiger partial charge on any atom is 0.124 e. The van der Waals surface area contributed by atoms with Crippen LogP contribution in [0.4, 0.5) is 4.39 Å². The van der Waals surface area contributed by atoms with Crippen molar-refractivity contribution in [3.8, 4) is 0 Å². The molecule has 3 N–H and O–H groups in total. The Kier molecular flexibility index (Phi) is 4.54. The van der Waals surface area contributed by atoms with Crippen LogP contribution in [0.15, 0.2) is 22.7 Å². The van der Waals surface area contributed by atoms with Crippen molar-refractivity contribution in [2.45, 2.75) is 38.1 Å². The highest BCUT2D eigenvalue weighted by molar-refractivity contribution is 9.10. The van der Waals surface area contributed by atoms with Crippen molar-refractivity contribution >= 4 is 15.9 Å². The van der Waals surface area contributed by atoms with E-state index >= 15 is 0 Å². The molecule has 2 nitrogen and oxygen atoms in total. The fraction of sp³-hybridized carbons (Fsp3) is 0.538. The van der Waals surface area contributed by atoms with Gasteiger partial charge in [0.25, 0.3) is 0 Å². The van der Waals surface area contributed by atoms with Crippen LogP contribution in [0.3, 0.4) is 0 Å². The van der Waals surface area contributed by atoms with Crippen molar-refractivity contribution in [2.24, 2.45) is 11.8 Å². The van der Waals surface area contributed by atoms with E-state index in [1.165, 1.54) is 25.3 Å². The van der Waals surface area contributed by atoms with E-state index < -0.39 is 0 Å². The van der Waals surface area contributed by atoms with Gasteiger partial charge in [0.1, 0.15) is 5.82 Å². The molecule has 1 aromatic rings. The Morgan fingerprint density at radius 2 is 2.18 bits per heavy atom. The van der Waals surface area contributed by atoms with Gasteiger partial charge in [-0.15, -0.1) is 0 Å². The lowest BCUT2D eigenvalue weighted by Gasteiger charge is -2.29. The van der Waals surface area contributed by atoms with Gasteiger partial charge in [0.05, 0.1) is 0 Å². The Labute approximate surface area is 110 Å². The topological polar surface area (TPSA) is 38.0 Å². The Balaban J connectivity index is 1.96. The van der Waals surface area contributed by atoms with Gasteiger partial charge in [-0.3, -0.25) is 11.3 Å². The second-order valence-corrected chi connectivity index (χ2v) is 5.79. The Morgan fingerprint density at radius 1 is 1.41 bits per heavy atom. The van der Waals surface area contributed by atoms with Gasteiger partial charge in [0.15, 0.2) is 0 Å². The number of rotatable bonds is 5. The number of hydrazine groups is 1. The number of nitrogens with one attached hydrogen (secondary N) is 1. The van der Waals surface area contributed by atoms with Crippen molar-refractivity contribution in [2.75, 3.05) is 0 Å². The first-order valence-electron chi connectivity index (χ1n) is 6.08. The minimum absolute atomic E-state index is 0.200. The number of halogens is 2. The molecule has 4 heteroatoms. The first kappa shape index (κ1) is 13.0. The first-order chi connectivity index (χ1) is 8.17. The average Bonchev–Trinajstić information content (AvgIpc) is 2.20. The molecule has 1 unspecified atom stereocenters. The van der Waals surface area contributed by atoms with Gasteiger partial charge in [-0.1, -0.05) is 35.2 Å². The largest absolute Gasteiger partial charge is 0.271 e. The average molecular weight is 301 g/mol. The number of nitrogens with two attached hydrogens (primary N) is 1. The predicted octanol–water partition coefficient (Wildman–Crippen LogP) is 3.15. The molecule has 1 aromatic carbocycles. The van der Waals surface area contributed by atoms with E-state index in [2.05, 4.69) is 21.4 Å². The lowest BCUT2D eigenvalue weighted by Crippen LogP contribution is -2.39. The van der Waals surface area contributed by atoms with E-state index in [-0.39, 0.29) is 11.9 Å². The molecule has 1 aliphatic carbocycles. The second-order valence-electron chi connectivity index (χ2n) is 4.88. The smallest absolute Gasteiger partial charge is 0.124 e. The summed E-state index contributed by atoms with van der Waals surface area (Å²) in [6.45, 7) is 0. The van der Waals surface area contributed by atoms with Gasteiger partial charge in [0, 0.05) is 10.5 Å². The summed E-state index contributed by atoms with van der Waals surface area (Å²) in [6.07, 6.45) is 5.83.